The van der Waals surface area contributed by atoms with Gasteiger partial charge in [0.15, 0.2) is 5.78 Å². The van der Waals surface area contributed by atoms with Crippen molar-refractivity contribution in [3.05, 3.63) is 42.0 Å². The molecule has 2 aliphatic rings. The van der Waals surface area contributed by atoms with E-state index >= 15 is 0 Å². The molecule has 0 amide bonds. The van der Waals surface area contributed by atoms with Gasteiger partial charge in [-0.25, -0.2) is 0 Å². The van der Waals surface area contributed by atoms with E-state index in [0.29, 0.717) is 11.3 Å². The van der Waals surface area contributed by atoms with Crippen LogP contribution in [0.5, 0.6) is 5.75 Å². The standard InChI is InChI=1S/C13H12O2/c1-9(14)13-11-7-5-3-4-6-10(11)8-12(13)15-2/h3-8H,1-2H3. The monoisotopic (exact) mass is 200 g/mol. The van der Waals surface area contributed by atoms with Crippen molar-refractivity contribution in [3.8, 4) is 16.9 Å². The summed E-state index contributed by atoms with van der Waals surface area (Å²) in [6, 6.07) is 11.6. The number of methoxy groups -OCH3 is 1. The summed E-state index contributed by atoms with van der Waals surface area (Å²) in [4.78, 5) is 11.5. The molecule has 2 rings (SSSR count). The third kappa shape index (κ3) is 1.59. The molecular weight excluding hydrogens is 188 g/mol. The molecule has 0 atom stereocenters. The fourth-order valence-corrected chi connectivity index (χ4v) is 1.78. The van der Waals surface area contributed by atoms with E-state index in [-0.39, 0.29) is 5.78 Å². The highest BCUT2D eigenvalue weighted by atomic mass is 16.5. The topological polar surface area (TPSA) is 26.3 Å². The maximum Gasteiger partial charge on any atom is 0.164 e. The molecule has 2 nitrogen and oxygen atoms in total. The maximum absolute atomic E-state index is 11.5. The van der Waals surface area contributed by atoms with Crippen LogP contribution in [0.15, 0.2) is 36.4 Å². The number of fused-ring (bicyclic) bond motifs is 1. The number of Topliss-reactive ketones (excluding diaryl/α,β-unsaturated/α-hetero) is 1. The lowest BCUT2D eigenvalue weighted by molar-refractivity contribution is 0.101. The molecule has 0 aromatic heterocycles. The molecule has 2 heteroatoms. The van der Waals surface area contributed by atoms with Crippen LogP contribution < -0.4 is 4.74 Å². The number of hydrogen-bond donors (Lipinski definition) is 0. The van der Waals surface area contributed by atoms with E-state index in [4.69, 9.17) is 4.74 Å². The van der Waals surface area contributed by atoms with Crippen molar-refractivity contribution < 1.29 is 9.53 Å². The van der Waals surface area contributed by atoms with Crippen LogP contribution >= 0.6 is 0 Å². The molecule has 0 aromatic carbocycles. The Morgan fingerprint density at radius 2 is 1.93 bits per heavy atom. The Balaban J connectivity index is 2.75. The summed E-state index contributed by atoms with van der Waals surface area (Å²) in [6.07, 6.45) is 0. The fourth-order valence-electron chi connectivity index (χ4n) is 1.78. The Hall–Kier alpha value is -1.83. The fraction of sp³-hybridized carbons (Fsp3) is 0.154. The van der Waals surface area contributed by atoms with Crippen LogP contribution in [0.2, 0.25) is 0 Å². The van der Waals surface area contributed by atoms with Gasteiger partial charge < -0.3 is 4.74 Å². The molecule has 76 valence electrons. The predicted octanol–water partition coefficient (Wildman–Crippen LogP) is 3.00. The number of carbonyl (C=O) groups excluding carboxylic acids is 1. The first-order chi connectivity index (χ1) is 7.24. The van der Waals surface area contributed by atoms with Gasteiger partial charge in [0, 0.05) is 0 Å². The molecule has 0 aliphatic heterocycles. The first-order valence-electron chi connectivity index (χ1n) is 4.80. The minimum absolute atomic E-state index is 0.0352. The van der Waals surface area contributed by atoms with Crippen molar-refractivity contribution in [2.24, 2.45) is 0 Å². The summed E-state index contributed by atoms with van der Waals surface area (Å²) in [5.41, 5.74) is 2.65. The van der Waals surface area contributed by atoms with Crippen LogP contribution in [0.4, 0.5) is 0 Å². The lowest BCUT2D eigenvalue weighted by atomic mass is 10.1. The van der Waals surface area contributed by atoms with Gasteiger partial charge in [0.2, 0.25) is 0 Å². The second-order valence-electron chi connectivity index (χ2n) is 3.42. The average Bonchev–Trinajstić information content (AvgIpc) is 2.42. The van der Waals surface area contributed by atoms with Crippen LogP contribution in [0.25, 0.3) is 11.1 Å². The zero-order chi connectivity index (χ0) is 10.8. The quantitative estimate of drug-likeness (QED) is 0.696. The minimum Gasteiger partial charge on any atom is -0.496 e. The van der Waals surface area contributed by atoms with E-state index < -0.39 is 0 Å². The summed E-state index contributed by atoms with van der Waals surface area (Å²) in [5, 5.41) is 0. The van der Waals surface area contributed by atoms with E-state index in [0.717, 1.165) is 11.1 Å². The minimum atomic E-state index is 0.0352. The molecule has 0 heterocycles. The smallest absolute Gasteiger partial charge is 0.164 e. The molecular formula is C13H12O2. The van der Waals surface area contributed by atoms with Gasteiger partial charge in [0.25, 0.3) is 0 Å². The third-order valence-corrected chi connectivity index (χ3v) is 2.45. The lowest BCUT2D eigenvalue weighted by Gasteiger charge is -1.99. The Morgan fingerprint density at radius 1 is 1.20 bits per heavy atom. The van der Waals surface area contributed by atoms with Gasteiger partial charge >= 0.3 is 0 Å². The Kier molecular flexibility index (Phi) is 2.42. The van der Waals surface area contributed by atoms with Crippen LogP contribution in [0.3, 0.4) is 0 Å². The zero-order valence-electron chi connectivity index (χ0n) is 8.78. The predicted molar refractivity (Wildman–Crippen MR) is 59.6 cm³/mol. The molecule has 0 fully saturated rings. The van der Waals surface area contributed by atoms with Gasteiger partial charge in [-0.05, 0) is 24.1 Å². The maximum atomic E-state index is 11.5. The third-order valence-electron chi connectivity index (χ3n) is 2.45. The Bertz CT molecular complexity index is 474. The molecule has 0 N–H and O–H groups in total. The van der Waals surface area contributed by atoms with E-state index in [2.05, 4.69) is 0 Å². The lowest BCUT2D eigenvalue weighted by Crippen LogP contribution is -1.94. The first-order valence-corrected chi connectivity index (χ1v) is 4.80. The summed E-state index contributed by atoms with van der Waals surface area (Å²) < 4.78 is 5.20. The molecule has 15 heavy (non-hydrogen) atoms. The van der Waals surface area contributed by atoms with Crippen molar-refractivity contribution in [1.82, 2.24) is 0 Å². The summed E-state index contributed by atoms with van der Waals surface area (Å²) in [5.74, 6) is 0.691. The van der Waals surface area contributed by atoms with Gasteiger partial charge in [-0.3, -0.25) is 4.79 Å². The highest BCUT2D eigenvalue weighted by Crippen LogP contribution is 2.36. The number of ether oxygens (including phenoxy) is 1. The second-order valence-corrected chi connectivity index (χ2v) is 3.42. The van der Waals surface area contributed by atoms with E-state index in [1.165, 1.54) is 0 Å². The molecule has 0 radical (unpaired) electrons. The molecule has 0 spiro atoms. The molecule has 0 aromatic rings. The van der Waals surface area contributed by atoms with Crippen molar-refractivity contribution in [3.63, 3.8) is 0 Å². The molecule has 0 saturated carbocycles. The van der Waals surface area contributed by atoms with Crippen LogP contribution in [0.1, 0.15) is 17.3 Å². The van der Waals surface area contributed by atoms with Gasteiger partial charge in [-0.1, -0.05) is 30.3 Å². The van der Waals surface area contributed by atoms with Crippen LogP contribution in [0, 0.1) is 0 Å². The normalized spacial score (nSPS) is 10.3. The average molecular weight is 200 g/mol. The van der Waals surface area contributed by atoms with Crippen LogP contribution in [-0.2, 0) is 0 Å². The largest absolute Gasteiger partial charge is 0.496 e. The van der Waals surface area contributed by atoms with E-state index in [1.807, 2.05) is 36.4 Å². The van der Waals surface area contributed by atoms with Crippen LogP contribution in [-0.4, -0.2) is 12.9 Å². The molecule has 0 unspecified atom stereocenters. The highest BCUT2D eigenvalue weighted by Gasteiger charge is 2.18. The van der Waals surface area contributed by atoms with Gasteiger partial charge in [-0.15, -0.1) is 0 Å². The van der Waals surface area contributed by atoms with Gasteiger partial charge in [-0.2, -0.15) is 0 Å². The van der Waals surface area contributed by atoms with Crippen molar-refractivity contribution in [2.75, 3.05) is 7.11 Å². The Morgan fingerprint density at radius 3 is 2.60 bits per heavy atom. The molecule has 0 bridgehead atoms. The highest BCUT2D eigenvalue weighted by molar-refractivity contribution is 6.05. The number of hydrogen-bond acceptors (Lipinski definition) is 2. The summed E-state index contributed by atoms with van der Waals surface area (Å²) in [7, 11) is 1.58. The Labute approximate surface area is 88.8 Å². The number of ketones is 1. The van der Waals surface area contributed by atoms with Crippen molar-refractivity contribution >= 4 is 5.78 Å². The number of carbonyl (C=O) groups is 1. The first kappa shape index (κ1) is 9.71. The summed E-state index contributed by atoms with van der Waals surface area (Å²) in [6.45, 7) is 1.56. The summed E-state index contributed by atoms with van der Waals surface area (Å²) >= 11 is 0. The second kappa shape index (κ2) is 3.73. The van der Waals surface area contributed by atoms with E-state index in [9.17, 15) is 4.79 Å². The van der Waals surface area contributed by atoms with E-state index in [1.54, 1.807) is 14.0 Å². The van der Waals surface area contributed by atoms with Crippen molar-refractivity contribution in [2.45, 2.75) is 6.92 Å². The zero-order valence-corrected chi connectivity index (χ0v) is 8.78. The molecule has 0 saturated heterocycles. The van der Waals surface area contributed by atoms with Gasteiger partial charge in [0.05, 0.1) is 12.7 Å². The van der Waals surface area contributed by atoms with Gasteiger partial charge in [0.1, 0.15) is 5.75 Å². The SMILES string of the molecule is COc1cc2cccccc-2c1C(C)=O. The molecule has 2 aliphatic carbocycles. The van der Waals surface area contributed by atoms with Crippen molar-refractivity contribution in [1.29, 1.82) is 0 Å². The number of rotatable bonds is 2.